The van der Waals surface area contributed by atoms with E-state index in [1.54, 1.807) is 0 Å². The maximum absolute atomic E-state index is 5.68. The summed E-state index contributed by atoms with van der Waals surface area (Å²) < 4.78 is 0. The van der Waals surface area contributed by atoms with Gasteiger partial charge in [-0.2, -0.15) is 0 Å². The van der Waals surface area contributed by atoms with Crippen LogP contribution in [-0.4, -0.2) is 5.12 Å². The van der Waals surface area contributed by atoms with Crippen molar-refractivity contribution in [3.8, 4) is 0 Å². The van der Waals surface area contributed by atoms with E-state index < -0.39 is 5.12 Å². The number of nitrogens with two attached hydrogens (primary N) is 3. The average molecular weight is 195 g/mol. The molecule has 1 atom stereocenters. The number of alkyl halides is 1. The largest absolute Gasteiger partial charge is 0.396 e. The van der Waals surface area contributed by atoms with Gasteiger partial charge in [-0.15, -0.1) is 0 Å². The number of nitrogens with one attached hydrogen (secondary N) is 1. The minimum absolute atomic E-state index is 0.110. The summed E-state index contributed by atoms with van der Waals surface area (Å²) in [5, 5.41) is 1.36. The van der Waals surface area contributed by atoms with Crippen molar-refractivity contribution in [2.45, 2.75) is 5.12 Å². The molecule has 6 heteroatoms. The van der Waals surface area contributed by atoms with Gasteiger partial charge in [0.1, 0.15) is 0 Å². The van der Waals surface area contributed by atoms with Crippen LogP contribution < -0.4 is 22.5 Å². The van der Waals surface area contributed by atoms with Crippen LogP contribution in [-0.2, 0) is 0 Å². The first-order valence-electron chi connectivity index (χ1n) is 2.82. The predicted octanol–water partition coefficient (Wildman–Crippen LogP) is -0.350. The van der Waals surface area contributed by atoms with Gasteiger partial charge in [-0.3, -0.25) is 5.73 Å². The third-order valence-electron chi connectivity index (χ3n) is 1.30. The molecule has 0 aromatic carbocycles. The van der Waals surface area contributed by atoms with Crippen molar-refractivity contribution in [2.75, 3.05) is 0 Å². The van der Waals surface area contributed by atoms with E-state index in [1.165, 1.54) is 6.20 Å². The molecule has 0 saturated heterocycles. The maximum Gasteiger partial charge on any atom is 0.202 e. The summed E-state index contributed by atoms with van der Waals surface area (Å²) in [6, 6.07) is 0. The van der Waals surface area contributed by atoms with Gasteiger partial charge in [-0.05, 0) is 0 Å². The normalized spacial score (nSPS) is 31.4. The number of hydrogen-bond donors (Lipinski definition) is 4. The first-order chi connectivity index (χ1) is 4.95. The van der Waals surface area contributed by atoms with Gasteiger partial charge in [-0.1, -0.05) is 23.2 Å². The highest BCUT2D eigenvalue weighted by atomic mass is 35.5. The highest BCUT2D eigenvalue weighted by molar-refractivity contribution is 6.39. The van der Waals surface area contributed by atoms with Crippen LogP contribution in [0, 0.1) is 0 Å². The molecule has 1 unspecified atom stereocenters. The molecule has 11 heavy (non-hydrogen) atoms. The monoisotopic (exact) mass is 194 g/mol. The summed E-state index contributed by atoms with van der Waals surface area (Å²) in [5.74, 6) is 0. The van der Waals surface area contributed by atoms with Gasteiger partial charge in [0.25, 0.3) is 0 Å². The van der Waals surface area contributed by atoms with Crippen LogP contribution in [0.25, 0.3) is 0 Å². The third kappa shape index (κ3) is 1.38. The van der Waals surface area contributed by atoms with Crippen LogP contribution >= 0.6 is 23.2 Å². The number of dihydropyridines is 1. The van der Waals surface area contributed by atoms with E-state index in [9.17, 15) is 0 Å². The smallest absolute Gasteiger partial charge is 0.202 e. The van der Waals surface area contributed by atoms with Crippen molar-refractivity contribution in [1.29, 1.82) is 0 Å². The van der Waals surface area contributed by atoms with Crippen molar-refractivity contribution < 1.29 is 0 Å². The van der Waals surface area contributed by atoms with Crippen LogP contribution in [0.4, 0.5) is 0 Å². The van der Waals surface area contributed by atoms with E-state index >= 15 is 0 Å². The Labute approximate surface area is 74.0 Å². The second-order valence-corrected chi connectivity index (χ2v) is 3.16. The molecule has 1 aliphatic heterocycles. The van der Waals surface area contributed by atoms with Gasteiger partial charge >= 0.3 is 0 Å². The Balaban J connectivity index is 3.07. The second kappa shape index (κ2) is 2.48. The molecule has 0 radical (unpaired) electrons. The first kappa shape index (κ1) is 8.52. The summed E-state index contributed by atoms with van der Waals surface area (Å²) in [6.45, 7) is 0. The molecule has 0 aromatic heterocycles. The van der Waals surface area contributed by atoms with Crippen molar-refractivity contribution in [2.24, 2.45) is 17.2 Å². The quantitative estimate of drug-likeness (QED) is 0.314. The summed E-state index contributed by atoms with van der Waals surface area (Å²) in [6.07, 6.45) is 1.41. The van der Waals surface area contributed by atoms with Gasteiger partial charge in [0.15, 0.2) is 0 Å². The highest BCUT2D eigenvalue weighted by Crippen LogP contribution is 2.26. The lowest BCUT2D eigenvalue weighted by Gasteiger charge is -2.27. The molecule has 0 saturated carbocycles. The van der Waals surface area contributed by atoms with Crippen LogP contribution in [0.15, 0.2) is 22.6 Å². The fourth-order valence-corrected chi connectivity index (χ4v) is 0.967. The summed E-state index contributed by atoms with van der Waals surface area (Å²) in [4.78, 5) is 0. The van der Waals surface area contributed by atoms with E-state index in [-0.39, 0.29) is 10.7 Å². The fourth-order valence-electron chi connectivity index (χ4n) is 0.647. The second-order valence-electron chi connectivity index (χ2n) is 2.18. The van der Waals surface area contributed by atoms with Crippen molar-refractivity contribution in [1.82, 2.24) is 5.32 Å². The van der Waals surface area contributed by atoms with E-state index in [0.717, 1.165) is 0 Å². The maximum atomic E-state index is 5.68. The third-order valence-corrected chi connectivity index (χ3v) is 2.20. The summed E-state index contributed by atoms with van der Waals surface area (Å²) >= 11 is 11.3. The predicted molar refractivity (Wildman–Crippen MR) is 45.2 cm³/mol. The van der Waals surface area contributed by atoms with Gasteiger partial charge in [-0.25, -0.2) is 0 Å². The Bertz CT molecular complexity index is 243. The van der Waals surface area contributed by atoms with Crippen molar-refractivity contribution in [3.05, 3.63) is 22.6 Å². The zero-order valence-electron chi connectivity index (χ0n) is 5.57. The standard InChI is InChI=1S/C5H8Cl2N4/c6-4-3(9)2(8)1-11-5(4,7)10/h1,11H,8-10H2. The summed E-state index contributed by atoms with van der Waals surface area (Å²) in [7, 11) is 0. The number of halogens is 2. The zero-order chi connectivity index (χ0) is 8.65. The minimum atomic E-state index is -1.32. The molecule has 0 fully saturated rings. The molecular formula is C5H8Cl2N4. The molecular weight excluding hydrogens is 187 g/mol. The molecule has 1 heterocycles. The van der Waals surface area contributed by atoms with Crippen molar-refractivity contribution in [3.63, 3.8) is 0 Å². The van der Waals surface area contributed by atoms with Crippen LogP contribution in [0.5, 0.6) is 0 Å². The summed E-state index contributed by atoms with van der Waals surface area (Å²) in [5.41, 5.74) is 16.9. The topological polar surface area (TPSA) is 90.1 Å². The SMILES string of the molecule is NC1=CNC(N)(Cl)C(Cl)=C1N. The molecule has 0 amide bonds. The first-order valence-corrected chi connectivity index (χ1v) is 3.58. The van der Waals surface area contributed by atoms with Crippen molar-refractivity contribution >= 4 is 23.2 Å². The molecule has 0 bridgehead atoms. The Hall–Kier alpha value is -0.580. The molecule has 1 aliphatic rings. The molecule has 62 valence electrons. The fraction of sp³-hybridized carbons (Fsp3) is 0.200. The number of hydrogen-bond acceptors (Lipinski definition) is 4. The van der Waals surface area contributed by atoms with Gasteiger partial charge in [0, 0.05) is 6.20 Å². The van der Waals surface area contributed by atoms with Gasteiger partial charge in [0.2, 0.25) is 5.12 Å². The Kier molecular flexibility index (Phi) is 1.92. The molecule has 7 N–H and O–H groups in total. The molecule has 1 rings (SSSR count). The zero-order valence-corrected chi connectivity index (χ0v) is 7.08. The molecule has 0 aromatic rings. The van der Waals surface area contributed by atoms with E-state index in [1.807, 2.05) is 0 Å². The van der Waals surface area contributed by atoms with Crippen LogP contribution in [0.3, 0.4) is 0 Å². The lowest BCUT2D eigenvalue weighted by Crippen LogP contribution is -2.50. The average Bonchev–Trinajstić information content (AvgIpc) is 1.95. The lowest BCUT2D eigenvalue weighted by atomic mass is 10.2. The highest BCUT2D eigenvalue weighted by Gasteiger charge is 2.30. The number of rotatable bonds is 0. The Morgan fingerprint density at radius 2 is 2.00 bits per heavy atom. The van der Waals surface area contributed by atoms with Gasteiger partial charge < -0.3 is 16.8 Å². The van der Waals surface area contributed by atoms with E-state index in [4.69, 9.17) is 40.4 Å². The lowest BCUT2D eigenvalue weighted by molar-refractivity contribution is 0.626. The van der Waals surface area contributed by atoms with Crippen LogP contribution in [0.1, 0.15) is 0 Å². The minimum Gasteiger partial charge on any atom is -0.396 e. The Morgan fingerprint density at radius 3 is 2.45 bits per heavy atom. The Morgan fingerprint density at radius 1 is 1.45 bits per heavy atom. The van der Waals surface area contributed by atoms with E-state index in [0.29, 0.717) is 5.70 Å². The van der Waals surface area contributed by atoms with Crippen LogP contribution in [0.2, 0.25) is 0 Å². The molecule has 4 nitrogen and oxygen atoms in total. The van der Waals surface area contributed by atoms with E-state index in [2.05, 4.69) is 5.32 Å². The molecule has 0 spiro atoms. The van der Waals surface area contributed by atoms with Gasteiger partial charge in [0.05, 0.1) is 16.4 Å². The molecule has 0 aliphatic carbocycles.